The molecule has 0 radical (unpaired) electrons. The Labute approximate surface area is 116 Å². The standard InChI is InChI=1S/C14H13Cl2NO/c1-18-14-3-2-9(4-11(14)8-17)10-5-12(15)7-13(16)6-10/h2-7H,8,17H2,1H3. The van der Waals surface area contributed by atoms with E-state index < -0.39 is 0 Å². The number of ether oxygens (including phenoxy) is 1. The van der Waals surface area contributed by atoms with Gasteiger partial charge in [0, 0.05) is 22.2 Å². The molecule has 18 heavy (non-hydrogen) atoms. The maximum Gasteiger partial charge on any atom is 0.123 e. The van der Waals surface area contributed by atoms with Gasteiger partial charge < -0.3 is 10.5 Å². The first-order chi connectivity index (χ1) is 8.63. The van der Waals surface area contributed by atoms with Crippen LogP contribution in [-0.2, 0) is 6.54 Å². The third-order valence-electron chi connectivity index (χ3n) is 2.70. The second-order valence-corrected chi connectivity index (χ2v) is 4.76. The van der Waals surface area contributed by atoms with Crippen molar-refractivity contribution >= 4 is 23.2 Å². The highest BCUT2D eigenvalue weighted by atomic mass is 35.5. The molecule has 0 bridgehead atoms. The van der Waals surface area contributed by atoms with Crippen LogP contribution in [0.1, 0.15) is 5.56 Å². The Morgan fingerprint density at radius 2 is 1.67 bits per heavy atom. The van der Waals surface area contributed by atoms with E-state index >= 15 is 0 Å². The molecule has 0 saturated heterocycles. The molecule has 0 unspecified atom stereocenters. The first-order valence-electron chi connectivity index (χ1n) is 5.47. The molecule has 0 saturated carbocycles. The molecule has 0 heterocycles. The lowest BCUT2D eigenvalue weighted by Crippen LogP contribution is -2.00. The van der Waals surface area contributed by atoms with Gasteiger partial charge in [0.15, 0.2) is 0 Å². The van der Waals surface area contributed by atoms with Crippen LogP contribution < -0.4 is 10.5 Å². The van der Waals surface area contributed by atoms with Crippen molar-refractivity contribution in [2.45, 2.75) is 6.54 Å². The predicted molar refractivity (Wildman–Crippen MR) is 76.3 cm³/mol. The van der Waals surface area contributed by atoms with E-state index in [2.05, 4.69) is 0 Å². The minimum Gasteiger partial charge on any atom is -0.496 e. The van der Waals surface area contributed by atoms with Gasteiger partial charge in [0.2, 0.25) is 0 Å². The molecule has 0 spiro atoms. The fraction of sp³-hybridized carbons (Fsp3) is 0.143. The van der Waals surface area contributed by atoms with Crippen LogP contribution in [0.3, 0.4) is 0 Å². The lowest BCUT2D eigenvalue weighted by molar-refractivity contribution is 0.410. The van der Waals surface area contributed by atoms with Crippen LogP contribution >= 0.6 is 23.2 Å². The summed E-state index contributed by atoms with van der Waals surface area (Å²) >= 11 is 12.0. The molecular formula is C14H13Cl2NO. The van der Waals surface area contributed by atoms with Gasteiger partial charge in [-0.3, -0.25) is 0 Å². The molecule has 4 heteroatoms. The first-order valence-corrected chi connectivity index (χ1v) is 6.23. The Hall–Kier alpha value is -1.22. The SMILES string of the molecule is COc1ccc(-c2cc(Cl)cc(Cl)c2)cc1CN. The first kappa shape index (κ1) is 13.2. The van der Waals surface area contributed by atoms with Crippen molar-refractivity contribution in [3.63, 3.8) is 0 Å². The summed E-state index contributed by atoms with van der Waals surface area (Å²) in [6, 6.07) is 11.3. The van der Waals surface area contributed by atoms with Gasteiger partial charge in [0.1, 0.15) is 5.75 Å². The van der Waals surface area contributed by atoms with Crippen LogP contribution in [0.2, 0.25) is 10.0 Å². The zero-order valence-electron chi connectivity index (χ0n) is 9.91. The van der Waals surface area contributed by atoms with Gasteiger partial charge in [-0.1, -0.05) is 29.3 Å². The quantitative estimate of drug-likeness (QED) is 0.918. The van der Waals surface area contributed by atoms with Crippen LogP contribution in [0.25, 0.3) is 11.1 Å². The van der Waals surface area contributed by atoms with Crippen molar-refractivity contribution in [1.29, 1.82) is 0 Å². The van der Waals surface area contributed by atoms with Crippen molar-refractivity contribution in [3.8, 4) is 16.9 Å². The van der Waals surface area contributed by atoms with Crippen molar-refractivity contribution < 1.29 is 4.74 Å². The molecule has 0 fully saturated rings. The number of benzene rings is 2. The highest BCUT2D eigenvalue weighted by molar-refractivity contribution is 6.35. The van der Waals surface area contributed by atoms with Crippen LogP contribution in [0.15, 0.2) is 36.4 Å². The van der Waals surface area contributed by atoms with E-state index in [0.29, 0.717) is 16.6 Å². The minimum atomic E-state index is 0.422. The zero-order valence-corrected chi connectivity index (χ0v) is 11.4. The summed E-state index contributed by atoms with van der Waals surface area (Å²) in [6.07, 6.45) is 0. The number of nitrogens with two attached hydrogens (primary N) is 1. The minimum absolute atomic E-state index is 0.422. The van der Waals surface area contributed by atoms with Gasteiger partial charge in [0.25, 0.3) is 0 Å². The van der Waals surface area contributed by atoms with E-state index in [0.717, 1.165) is 22.4 Å². The van der Waals surface area contributed by atoms with E-state index in [1.54, 1.807) is 13.2 Å². The second kappa shape index (κ2) is 5.61. The molecule has 2 nitrogen and oxygen atoms in total. The Kier molecular flexibility index (Phi) is 4.12. The Morgan fingerprint density at radius 1 is 1.00 bits per heavy atom. The average molecular weight is 282 g/mol. The lowest BCUT2D eigenvalue weighted by atomic mass is 10.0. The largest absolute Gasteiger partial charge is 0.496 e. The maximum absolute atomic E-state index is 6.00. The topological polar surface area (TPSA) is 35.2 Å². The molecule has 94 valence electrons. The van der Waals surface area contributed by atoms with Gasteiger partial charge in [-0.15, -0.1) is 0 Å². The third-order valence-corrected chi connectivity index (χ3v) is 3.13. The molecule has 0 aliphatic carbocycles. The molecule has 0 aliphatic rings. The molecule has 2 aromatic rings. The third kappa shape index (κ3) is 2.78. The number of halogens is 2. The number of hydrogen-bond acceptors (Lipinski definition) is 2. The fourth-order valence-corrected chi connectivity index (χ4v) is 2.36. The van der Waals surface area contributed by atoms with Crippen LogP contribution in [0.5, 0.6) is 5.75 Å². The van der Waals surface area contributed by atoms with Gasteiger partial charge in [-0.05, 0) is 41.5 Å². The van der Waals surface area contributed by atoms with E-state index in [1.807, 2.05) is 30.3 Å². The van der Waals surface area contributed by atoms with Gasteiger partial charge in [-0.25, -0.2) is 0 Å². The van der Waals surface area contributed by atoms with Crippen molar-refractivity contribution in [2.75, 3.05) is 7.11 Å². The summed E-state index contributed by atoms with van der Waals surface area (Å²) in [5.74, 6) is 0.786. The highest BCUT2D eigenvalue weighted by Crippen LogP contribution is 2.30. The Bertz CT molecular complexity index is 549. The summed E-state index contributed by atoms with van der Waals surface area (Å²) in [6.45, 7) is 0.422. The smallest absolute Gasteiger partial charge is 0.123 e. The van der Waals surface area contributed by atoms with E-state index in [-0.39, 0.29) is 0 Å². The number of hydrogen-bond donors (Lipinski definition) is 1. The second-order valence-electron chi connectivity index (χ2n) is 3.89. The molecular weight excluding hydrogens is 269 g/mol. The monoisotopic (exact) mass is 281 g/mol. The summed E-state index contributed by atoms with van der Waals surface area (Å²) in [7, 11) is 1.63. The van der Waals surface area contributed by atoms with E-state index in [1.165, 1.54) is 0 Å². The average Bonchev–Trinajstić information content (AvgIpc) is 2.36. The van der Waals surface area contributed by atoms with Crippen molar-refractivity contribution in [1.82, 2.24) is 0 Å². The van der Waals surface area contributed by atoms with Gasteiger partial charge in [-0.2, -0.15) is 0 Å². The summed E-state index contributed by atoms with van der Waals surface area (Å²) in [5.41, 5.74) is 8.63. The molecule has 2 rings (SSSR count). The summed E-state index contributed by atoms with van der Waals surface area (Å²) in [4.78, 5) is 0. The van der Waals surface area contributed by atoms with Crippen molar-refractivity contribution in [3.05, 3.63) is 52.0 Å². The van der Waals surface area contributed by atoms with E-state index in [4.69, 9.17) is 33.7 Å². The Balaban J connectivity index is 2.50. The van der Waals surface area contributed by atoms with Crippen LogP contribution in [0, 0.1) is 0 Å². The zero-order chi connectivity index (χ0) is 13.1. The van der Waals surface area contributed by atoms with Crippen molar-refractivity contribution in [2.24, 2.45) is 5.73 Å². The van der Waals surface area contributed by atoms with E-state index in [9.17, 15) is 0 Å². The molecule has 2 aromatic carbocycles. The number of rotatable bonds is 3. The highest BCUT2D eigenvalue weighted by Gasteiger charge is 2.06. The summed E-state index contributed by atoms with van der Waals surface area (Å²) in [5, 5.41) is 1.23. The molecule has 0 aliphatic heterocycles. The molecule has 2 N–H and O–H groups in total. The summed E-state index contributed by atoms with van der Waals surface area (Å²) < 4.78 is 5.24. The van der Waals surface area contributed by atoms with Gasteiger partial charge >= 0.3 is 0 Å². The van der Waals surface area contributed by atoms with Crippen LogP contribution in [-0.4, -0.2) is 7.11 Å². The van der Waals surface area contributed by atoms with Gasteiger partial charge in [0.05, 0.1) is 7.11 Å². The fourth-order valence-electron chi connectivity index (χ4n) is 1.84. The predicted octanol–water partition coefficient (Wildman–Crippen LogP) is 4.13. The molecule has 0 atom stereocenters. The lowest BCUT2D eigenvalue weighted by Gasteiger charge is -2.10. The maximum atomic E-state index is 6.00. The number of methoxy groups -OCH3 is 1. The molecule has 0 aromatic heterocycles. The molecule has 0 amide bonds. The Morgan fingerprint density at radius 3 is 2.22 bits per heavy atom. The normalized spacial score (nSPS) is 10.4. The van der Waals surface area contributed by atoms with Crippen LogP contribution in [0.4, 0.5) is 0 Å².